The second-order valence-corrected chi connectivity index (χ2v) is 10.8. The fraction of sp³-hybridized carbons (Fsp3) is 0.500. The van der Waals surface area contributed by atoms with Crippen molar-refractivity contribution in [2.45, 2.75) is 74.8 Å². The number of aromatic nitrogens is 2. The molecule has 0 spiro atoms. The van der Waals surface area contributed by atoms with Crippen molar-refractivity contribution in [1.82, 2.24) is 9.97 Å². The van der Waals surface area contributed by atoms with Gasteiger partial charge in [0.15, 0.2) is 5.60 Å². The Morgan fingerprint density at radius 3 is 2.56 bits per heavy atom. The van der Waals surface area contributed by atoms with Crippen LogP contribution in [0.1, 0.15) is 69.4 Å². The molecule has 2 N–H and O–H groups in total. The number of nitrogens with one attached hydrogen (secondary N) is 1. The van der Waals surface area contributed by atoms with Crippen LogP contribution >= 0.6 is 0 Å². The van der Waals surface area contributed by atoms with Gasteiger partial charge in [0.1, 0.15) is 5.76 Å². The SMILES string of the molecule is CCCC1(CCC)OC(=O)C(C(c2cccc(CS(=O)(=O)c3ncc[nH]3)c2)C2CC2)=C1O. The topological polar surface area (TPSA) is 109 Å². The number of imidazole rings is 1. The van der Waals surface area contributed by atoms with Gasteiger partial charge in [-0.1, -0.05) is 51.0 Å². The summed E-state index contributed by atoms with van der Waals surface area (Å²) >= 11 is 0. The second kappa shape index (κ2) is 8.73. The van der Waals surface area contributed by atoms with Crippen LogP contribution in [0.3, 0.4) is 0 Å². The Labute approximate surface area is 188 Å². The highest BCUT2D eigenvalue weighted by molar-refractivity contribution is 7.90. The van der Waals surface area contributed by atoms with E-state index in [0.717, 1.165) is 31.2 Å². The molecule has 1 saturated carbocycles. The molecule has 2 aromatic rings. The summed E-state index contributed by atoms with van der Waals surface area (Å²) in [4.78, 5) is 19.5. The molecule has 0 amide bonds. The van der Waals surface area contributed by atoms with Crippen molar-refractivity contribution in [3.8, 4) is 0 Å². The number of hydrogen-bond donors (Lipinski definition) is 2. The van der Waals surface area contributed by atoms with Gasteiger partial charge in [-0.3, -0.25) is 0 Å². The number of cyclic esters (lactones) is 1. The Hall–Kier alpha value is -2.61. The maximum Gasteiger partial charge on any atom is 0.339 e. The standard InChI is InChI=1S/C24H30N2O5S/c1-3-10-24(11-4-2)21(27)20(22(28)31-24)19(17-8-9-17)18-7-5-6-16(14-18)15-32(29,30)23-25-12-13-26-23/h5-7,12-14,17,19,27H,3-4,8-11,15H2,1-2H3,(H,25,26). The number of esters is 1. The maximum absolute atomic E-state index is 13.0. The number of carbonyl (C=O) groups is 1. The van der Waals surface area contributed by atoms with E-state index in [1.165, 1.54) is 12.4 Å². The Balaban J connectivity index is 1.70. The van der Waals surface area contributed by atoms with Gasteiger partial charge in [0.2, 0.25) is 15.0 Å². The molecule has 1 aromatic heterocycles. The van der Waals surface area contributed by atoms with Gasteiger partial charge in [-0.15, -0.1) is 0 Å². The average molecular weight is 459 g/mol. The van der Waals surface area contributed by atoms with Crippen LogP contribution in [0.5, 0.6) is 0 Å². The van der Waals surface area contributed by atoms with E-state index in [1.807, 2.05) is 26.0 Å². The van der Waals surface area contributed by atoms with Crippen molar-refractivity contribution < 1.29 is 23.1 Å². The number of hydrogen-bond acceptors (Lipinski definition) is 6. The van der Waals surface area contributed by atoms with Crippen LogP contribution in [0.15, 0.2) is 53.1 Å². The first-order chi connectivity index (χ1) is 15.3. The molecule has 1 atom stereocenters. The third kappa shape index (κ3) is 4.20. The first kappa shape index (κ1) is 22.6. The predicted molar refractivity (Wildman–Crippen MR) is 120 cm³/mol. The number of rotatable bonds is 10. The number of sulfone groups is 1. The lowest BCUT2D eigenvalue weighted by Gasteiger charge is -2.27. The zero-order valence-electron chi connectivity index (χ0n) is 18.5. The molecule has 0 bridgehead atoms. The third-order valence-corrected chi connectivity index (χ3v) is 7.87. The zero-order valence-corrected chi connectivity index (χ0v) is 19.3. The van der Waals surface area contributed by atoms with Gasteiger partial charge in [0.05, 0.1) is 11.3 Å². The first-order valence-corrected chi connectivity index (χ1v) is 12.9. The molecule has 1 unspecified atom stereocenters. The van der Waals surface area contributed by atoms with Crippen LogP contribution in [0.4, 0.5) is 0 Å². The zero-order chi connectivity index (χ0) is 22.9. The molecule has 2 aliphatic rings. The van der Waals surface area contributed by atoms with Gasteiger partial charge >= 0.3 is 5.97 Å². The van der Waals surface area contributed by atoms with Gasteiger partial charge in [0.25, 0.3) is 0 Å². The smallest absolute Gasteiger partial charge is 0.339 e. The van der Waals surface area contributed by atoms with Crippen molar-refractivity contribution in [1.29, 1.82) is 0 Å². The molecule has 172 valence electrons. The van der Waals surface area contributed by atoms with Gasteiger partial charge in [-0.05, 0) is 42.7 Å². The lowest BCUT2D eigenvalue weighted by atomic mass is 9.82. The Kier molecular flexibility index (Phi) is 6.16. The van der Waals surface area contributed by atoms with Crippen molar-refractivity contribution in [2.75, 3.05) is 0 Å². The van der Waals surface area contributed by atoms with Crippen molar-refractivity contribution in [2.24, 2.45) is 5.92 Å². The van der Waals surface area contributed by atoms with Gasteiger partial charge in [0, 0.05) is 18.3 Å². The predicted octanol–water partition coefficient (Wildman–Crippen LogP) is 4.59. The highest BCUT2D eigenvalue weighted by Crippen LogP contribution is 2.52. The molecule has 7 nitrogen and oxygen atoms in total. The van der Waals surface area contributed by atoms with Crippen molar-refractivity contribution in [3.05, 3.63) is 59.1 Å². The van der Waals surface area contributed by atoms with Crippen LogP contribution in [0.2, 0.25) is 0 Å². The van der Waals surface area contributed by atoms with Crippen molar-refractivity contribution in [3.63, 3.8) is 0 Å². The number of carbonyl (C=O) groups excluding carboxylic acids is 1. The molecule has 1 fully saturated rings. The minimum Gasteiger partial charge on any atom is -0.507 e. The average Bonchev–Trinajstić information content (AvgIpc) is 3.34. The molecule has 8 heteroatoms. The molecule has 1 aromatic carbocycles. The van der Waals surface area contributed by atoms with E-state index in [4.69, 9.17) is 4.74 Å². The van der Waals surface area contributed by atoms with E-state index in [-0.39, 0.29) is 28.5 Å². The summed E-state index contributed by atoms with van der Waals surface area (Å²) in [6.45, 7) is 4.02. The molecule has 4 rings (SSSR count). The number of nitrogens with zero attached hydrogens (tertiary/aromatic N) is 1. The quantitative estimate of drug-likeness (QED) is 0.504. The number of aliphatic hydroxyl groups is 1. The summed E-state index contributed by atoms with van der Waals surface area (Å²) < 4.78 is 31.1. The van der Waals surface area contributed by atoms with Crippen LogP contribution in [0, 0.1) is 5.92 Å². The van der Waals surface area contributed by atoms with Crippen molar-refractivity contribution >= 4 is 15.8 Å². The molecule has 1 aliphatic carbocycles. The molecular weight excluding hydrogens is 428 g/mol. The number of ether oxygens (including phenoxy) is 1. The highest BCUT2D eigenvalue weighted by Gasteiger charge is 2.51. The monoisotopic (exact) mass is 458 g/mol. The van der Waals surface area contributed by atoms with E-state index >= 15 is 0 Å². The van der Waals surface area contributed by atoms with E-state index in [9.17, 15) is 18.3 Å². The van der Waals surface area contributed by atoms with Crippen LogP contribution in [0.25, 0.3) is 0 Å². The lowest BCUT2D eigenvalue weighted by molar-refractivity contribution is -0.149. The number of benzene rings is 1. The summed E-state index contributed by atoms with van der Waals surface area (Å²) in [5, 5.41) is 11.2. The summed E-state index contributed by atoms with van der Waals surface area (Å²) in [5.41, 5.74) is 0.857. The van der Waals surface area contributed by atoms with Crippen LogP contribution in [-0.4, -0.2) is 35.1 Å². The van der Waals surface area contributed by atoms with Gasteiger partial charge in [-0.2, -0.15) is 0 Å². The lowest BCUT2D eigenvalue weighted by Crippen LogP contribution is -2.31. The minimum atomic E-state index is -3.61. The van der Waals surface area contributed by atoms with E-state index in [0.29, 0.717) is 24.0 Å². The van der Waals surface area contributed by atoms with E-state index in [2.05, 4.69) is 9.97 Å². The summed E-state index contributed by atoms with van der Waals surface area (Å²) in [5.74, 6) is -0.650. The highest BCUT2D eigenvalue weighted by atomic mass is 32.2. The summed E-state index contributed by atoms with van der Waals surface area (Å²) in [7, 11) is -3.61. The van der Waals surface area contributed by atoms with E-state index in [1.54, 1.807) is 12.1 Å². The fourth-order valence-electron chi connectivity index (χ4n) is 4.86. The number of aromatic amines is 1. The molecule has 2 heterocycles. The van der Waals surface area contributed by atoms with E-state index < -0.39 is 21.4 Å². The minimum absolute atomic E-state index is 0.0646. The van der Waals surface area contributed by atoms with Crippen LogP contribution in [-0.2, 0) is 25.1 Å². The fourth-order valence-corrected chi connectivity index (χ4v) is 6.08. The summed E-state index contributed by atoms with van der Waals surface area (Å²) in [6, 6.07) is 7.30. The maximum atomic E-state index is 13.0. The Bertz CT molecular complexity index is 1110. The molecule has 0 radical (unpaired) electrons. The summed E-state index contributed by atoms with van der Waals surface area (Å²) in [6.07, 6.45) is 7.55. The first-order valence-electron chi connectivity index (χ1n) is 11.3. The molecule has 1 aliphatic heterocycles. The van der Waals surface area contributed by atoms with Crippen LogP contribution < -0.4 is 0 Å². The number of aliphatic hydroxyl groups excluding tert-OH is 1. The second-order valence-electron chi connectivity index (χ2n) is 8.86. The normalized spacial score (nSPS) is 19.2. The molecule has 0 saturated heterocycles. The Morgan fingerprint density at radius 1 is 1.25 bits per heavy atom. The molecular formula is C24H30N2O5S. The Morgan fingerprint density at radius 2 is 1.97 bits per heavy atom. The largest absolute Gasteiger partial charge is 0.507 e. The molecule has 32 heavy (non-hydrogen) atoms. The third-order valence-electron chi connectivity index (χ3n) is 6.34. The van der Waals surface area contributed by atoms with Gasteiger partial charge in [-0.25, -0.2) is 18.2 Å². The van der Waals surface area contributed by atoms with Gasteiger partial charge < -0.3 is 14.8 Å². The number of H-pyrrole nitrogens is 1.